The van der Waals surface area contributed by atoms with Gasteiger partial charge in [0.15, 0.2) is 5.16 Å². The number of rotatable bonds is 5. The number of carbonyl (C=O) groups excluding carboxylic acids is 1. The fourth-order valence-corrected chi connectivity index (χ4v) is 4.64. The Morgan fingerprint density at radius 1 is 1.32 bits per heavy atom. The minimum atomic E-state index is -0.312. The summed E-state index contributed by atoms with van der Waals surface area (Å²) in [5, 5.41) is 1.12. The third-order valence-electron chi connectivity index (χ3n) is 3.81. The van der Waals surface area contributed by atoms with E-state index >= 15 is 0 Å². The van der Waals surface area contributed by atoms with Gasteiger partial charge in [0.2, 0.25) is 0 Å². The molecule has 0 bridgehead atoms. The van der Waals surface area contributed by atoms with Crippen molar-refractivity contribution in [3.63, 3.8) is 0 Å². The van der Waals surface area contributed by atoms with E-state index in [4.69, 9.17) is 0 Å². The molecule has 0 saturated heterocycles. The molecule has 0 radical (unpaired) electrons. The third kappa shape index (κ3) is 3.39. The van der Waals surface area contributed by atoms with Gasteiger partial charge in [-0.1, -0.05) is 23.9 Å². The second-order valence-corrected chi connectivity index (χ2v) is 7.80. The molecule has 0 fully saturated rings. The van der Waals surface area contributed by atoms with E-state index < -0.39 is 0 Å². The van der Waals surface area contributed by atoms with Crippen LogP contribution in [0.3, 0.4) is 0 Å². The zero-order valence-electron chi connectivity index (χ0n) is 14.1. The van der Waals surface area contributed by atoms with Gasteiger partial charge in [-0.25, -0.2) is 9.37 Å². The molecule has 2 aromatic heterocycles. The molecule has 0 amide bonds. The van der Waals surface area contributed by atoms with Crippen LogP contribution >= 0.6 is 23.1 Å². The number of nitrogens with zero attached hydrogens (tertiary/aromatic N) is 2. The summed E-state index contributed by atoms with van der Waals surface area (Å²) >= 11 is 2.72. The maximum atomic E-state index is 13.2. The van der Waals surface area contributed by atoms with Crippen LogP contribution < -0.4 is 5.56 Å². The van der Waals surface area contributed by atoms with Gasteiger partial charge in [0.1, 0.15) is 16.4 Å². The van der Waals surface area contributed by atoms with Crippen LogP contribution in [0.5, 0.6) is 0 Å². The maximum Gasteiger partial charge on any atom is 0.263 e. The summed E-state index contributed by atoms with van der Waals surface area (Å²) in [6.07, 6.45) is 0. The van der Waals surface area contributed by atoms with Gasteiger partial charge < -0.3 is 0 Å². The number of Topliss-reactive ketones (excluding diaryl/α,β-unsaturated/α-hetero) is 1. The van der Waals surface area contributed by atoms with E-state index in [0.717, 1.165) is 16.0 Å². The van der Waals surface area contributed by atoms with Crippen molar-refractivity contribution < 1.29 is 9.18 Å². The first-order valence-electron chi connectivity index (χ1n) is 7.84. The van der Waals surface area contributed by atoms with E-state index in [-0.39, 0.29) is 22.9 Å². The standard InChI is InChI=1S/C18H17FN2O2S2/c1-4-21-17(23)15-14(12-5-7-13(19)8-6-12)11(3)25-16(15)20-18(21)24-9-10(2)22/h5-8H,4,9H2,1-3H3. The van der Waals surface area contributed by atoms with Gasteiger partial charge in [0.25, 0.3) is 5.56 Å². The van der Waals surface area contributed by atoms with Crippen LogP contribution in [0.15, 0.2) is 34.2 Å². The third-order valence-corrected chi connectivity index (χ3v) is 5.93. The first-order valence-corrected chi connectivity index (χ1v) is 9.64. The molecule has 1 aromatic carbocycles. The molecule has 7 heteroatoms. The second-order valence-electron chi connectivity index (χ2n) is 5.65. The van der Waals surface area contributed by atoms with Crippen molar-refractivity contribution in [1.29, 1.82) is 0 Å². The average molecular weight is 376 g/mol. The monoisotopic (exact) mass is 376 g/mol. The largest absolute Gasteiger partial charge is 0.299 e. The Kier molecular flexibility index (Phi) is 5.06. The van der Waals surface area contributed by atoms with Crippen LogP contribution in [0.2, 0.25) is 0 Å². The predicted molar refractivity (Wildman–Crippen MR) is 101 cm³/mol. The van der Waals surface area contributed by atoms with Gasteiger partial charge in [-0.3, -0.25) is 14.2 Å². The molecule has 3 aromatic rings. The summed E-state index contributed by atoms with van der Waals surface area (Å²) in [5.74, 6) is 0.0111. The van der Waals surface area contributed by atoms with Gasteiger partial charge in [0, 0.05) is 17.0 Å². The molecule has 4 nitrogen and oxygen atoms in total. The van der Waals surface area contributed by atoms with Crippen LogP contribution in [0.4, 0.5) is 4.39 Å². The lowest BCUT2D eigenvalue weighted by molar-refractivity contribution is -0.114. The molecule has 2 heterocycles. The molecule has 0 aliphatic heterocycles. The van der Waals surface area contributed by atoms with Crippen molar-refractivity contribution >= 4 is 39.1 Å². The lowest BCUT2D eigenvalue weighted by Gasteiger charge is -2.10. The molecule has 0 spiro atoms. The summed E-state index contributed by atoms with van der Waals surface area (Å²) in [7, 11) is 0. The first kappa shape index (κ1) is 17.8. The molecule has 0 aliphatic rings. The number of thioether (sulfide) groups is 1. The summed E-state index contributed by atoms with van der Waals surface area (Å²) in [6.45, 7) is 5.80. The fraction of sp³-hybridized carbons (Fsp3) is 0.278. The molecule has 0 saturated carbocycles. The second kappa shape index (κ2) is 7.09. The molecule has 3 rings (SSSR count). The van der Waals surface area contributed by atoms with Crippen LogP contribution in [0.25, 0.3) is 21.3 Å². The first-order chi connectivity index (χ1) is 11.9. The van der Waals surface area contributed by atoms with Crippen LogP contribution in [0, 0.1) is 12.7 Å². The predicted octanol–water partition coefficient (Wildman–Crippen LogP) is 4.27. The fourth-order valence-electron chi connectivity index (χ4n) is 2.70. The quantitative estimate of drug-likeness (QED) is 0.493. The van der Waals surface area contributed by atoms with E-state index in [1.165, 1.54) is 42.2 Å². The average Bonchev–Trinajstić information content (AvgIpc) is 2.90. The highest BCUT2D eigenvalue weighted by molar-refractivity contribution is 7.99. The van der Waals surface area contributed by atoms with Crippen molar-refractivity contribution in [2.24, 2.45) is 0 Å². The summed E-state index contributed by atoms with van der Waals surface area (Å²) < 4.78 is 14.8. The highest BCUT2D eigenvalue weighted by Gasteiger charge is 2.19. The van der Waals surface area contributed by atoms with Gasteiger partial charge in [0.05, 0.1) is 11.1 Å². The topological polar surface area (TPSA) is 52.0 Å². The van der Waals surface area contributed by atoms with Crippen molar-refractivity contribution in [2.75, 3.05) is 5.75 Å². The number of thiophene rings is 1. The molecule has 0 aliphatic carbocycles. The summed E-state index contributed by atoms with van der Waals surface area (Å²) in [4.78, 5) is 30.6. The number of halogens is 1. The number of hydrogen-bond donors (Lipinski definition) is 0. The molecular weight excluding hydrogens is 359 g/mol. The van der Waals surface area contributed by atoms with Crippen LogP contribution in [-0.2, 0) is 11.3 Å². The van der Waals surface area contributed by atoms with Crippen LogP contribution in [-0.4, -0.2) is 21.1 Å². The Balaban J connectivity index is 2.24. The number of carbonyl (C=O) groups is 1. The van der Waals surface area contributed by atoms with Crippen molar-refractivity contribution in [3.8, 4) is 11.1 Å². The van der Waals surface area contributed by atoms with E-state index in [0.29, 0.717) is 21.9 Å². The number of benzene rings is 1. The lowest BCUT2D eigenvalue weighted by Crippen LogP contribution is -2.22. The minimum Gasteiger partial charge on any atom is -0.299 e. The van der Waals surface area contributed by atoms with E-state index in [2.05, 4.69) is 4.98 Å². The van der Waals surface area contributed by atoms with Crippen molar-refractivity contribution in [2.45, 2.75) is 32.5 Å². The number of hydrogen-bond acceptors (Lipinski definition) is 5. The van der Waals surface area contributed by atoms with E-state index in [1.54, 1.807) is 16.7 Å². The van der Waals surface area contributed by atoms with Crippen LogP contribution in [0.1, 0.15) is 18.7 Å². The smallest absolute Gasteiger partial charge is 0.263 e. The zero-order valence-corrected chi connectivity index (χ0v) is 15.8. The highest BCUT2D eigenvalue weighted by atomic mass is 32.2. The molecule has 0 unspecified atom stereocenters. The van der Waals surface area contributed by atoms with Crippen molar-refractivity contribution in [3.05, 3.63) is 45.3 Å². The molecular formula is C18H17FN2O2S2. The van der Waals surface area contributed by atoms with E-state index in [9.17, 15) is 14.0 Å². The Morgan fingerprint density at radius 3 is 2.60 bits per heavy atom. The Hall–Kier alpha value is -1.99. The van der Waals surface area contributed by atoms with Gasteiger partial charge in [-0.2, -0.15) is 0 Å². The van der Waals surface area contributed by atoms with Crippen molar-refractivity contribution in [1.82, 2.24) is 9.55 Å². The van der Waals surface area contributed by atoms with Gasteiger partial charge in [-0.15, -0.1) is 11.3 Å². The summed E-state index contributed by atoms with van der Waals surface area (Å²) in [5.41, 5.74) is 1.49. The lowest BCUT2D eigenvalue weighted by atomic mass is 10.0. The number of ketones is 1. The molecule has 25 heavy (non-hydrogen) atoms. The van der Waals surface area contributed by atoms with E-state index in [1.807, 2.05) is 13.8 Å². The Bertz CT molecular complexity index is 1010. The number of aromatic nitrogens is 2. The summed E-state index contributed by atoms with van der Waals surface area (Å²) in [6, 6.07) is 6.14. The Labute approximate surface area is 152 Å². The highest BCUT2D eigenvalue weighted by Crippen LogP contribution is 2.36. The number of fused-ring (bicyclic) bond motifs is 1. The zero-order chi connectivity index (χ0) is 18.1. The number of aryl methyl sites for hydroxylation is 1. The SMILES string of the molecule is CCn1c(SCC(C)=O)nc2sc(C)c(-c3ccc(F)cc3)c2c1=O. The normalized spacial score (nSPS) is 11.2. The van der Waals surface area contributed by atoms with Gasteiger partial charge >= 0.3 is 0 Å². The maximum absolute atomic E-state index is 13.2. The Morgan fingerprint density at radius 2 is 2.00 bits per heavy atom. The van der Waals surface area contributed by atoms with Gasteiger partial charge in [-0.05, 0) is 38.5 Å². The molecule has 0 atom stereocenters. The molecule has 130 valence electrons. The minimum absolute atomic E-state index is 0.0383. The molecule has 0 N–H and O–H groups in total.